The molecule has 1 fully saturated rings. The fourth-order valence-corrected chi connectivity index (χ4v) is 2.49. The largest absolute Gasteiger partial charge is 0.497 e. The van der Waals surface area contributed by atoms with E-state index in [4.69, 9.17) is 10.5 Å². The highest BCUT2D eigenvalue weighted by Crippen LogP contribution is 2.18. The molecule has 134 valence electrons. The van der Waals surface area contributed by atoms with Gasteiger partial charge in [-0.3, -0.25) is 19.3 Å². The second-order valence-corrected chi connectivity index (χ2v) is 5.40. The number of hydrogen-bond acceptors (Lipinski definition) is 5. The molecule has 1 aromatic rings. The number of ether oxygens (including phenoxy) is 1. The minimum atomic E-state index is -1.13. The first kappa shape index (κ1) is 18.2. The molecule has 0 aliphatic carbocycles. The van der Waals surface area contributed by atoms with Gasteiger partial charge in [0.05, 0.1) is 7.11 Å². The summed E-state index contributed by atoms with van der Waals surface area (Å²) >= 11 is 0. The first-order chi connectivity index (χ1) is 11.9. The summed E-state index contributed by atoms with van der Waals surface area (Å²) in [5.74, 6) is -1.88. The maximum Gasteiger partial charge on any atom is 0.325 e. The number of imide groups is 1. The Morgan fingerprint density at radius 2 is 1.84 bits per heavy atom. The smallest absolute Gasteiger partial charge is 0.325 e. The minimum absolute atomic E-state index is 0.0539. The summed E-state index contributed by atoms with van der Waals surface area (Å²) in [6, 6.07) is 4.42. The summed E-state index contributed by atoms with van der Waals surface area (Å²) in [5, 5.41) is 2.40. The number of primary amides is 1. The Kier molecular flexibility index (Phi) is 5.58. The van der Waals surface area contributed by atoms with Gasteiger partial charge in [-0.25, -0.2) is 4.79 Å². The third-order valence-corrected chi connectivity index (χ3v) is 3.94. The highest BCUT2D eigenvalue weighted by molar-refractivity contribution is 6.38. The first-order valence-electron chi connectivity index (χ1n) is 7.73. The van der Waals surface area contributed by atoms with Crippen LogP contribution < -0.4 is 15.8 Å². The predicted molar refractivity (Wildman–Crippen MR) is 87.4 cm³/mol. The number of methoxy groups -OCH3 is 1. The molecule has 1 atom stereocenters. The van der Waals surface area contributed by atoms with Crippen molar-refractivity contribution in [3.05, 3.63) is 29.8 Å². The van der Waals surface area contributed by atoms with Crippen LogP contribution >= 0.6 is 0 Å². The molecule has 9 heteroatoms. The number of carbonyl (C=O) groups is 4. The monoisotopic (exact) mass is 348 g/mol. The fourth-order valence-electron chi connectivity index (χ4n) is 2.49. The summed E-state index contributed by atoms with van der Waals surface area (Å²) in [7, 11) is 1.50. The zero-order valence-electron chi connectivity index (χ0n) is 14.0. The van der Waals surface area contributed by atoms with Crippen LogP contribution in [-0.2, 0) is 14.4 Å². The number of carbonyl (C=O) groups excluding carboxylic acids is 4. The molecule has 3 N–H and O–H groups in total. The van der Waals surface area contributed by atoms with Crippen molar-refractivity contribution >= 4 is 23.8 Å². The molecule has 0 aromatic heterocycles. The Labute approximate surface area is 144 Å². The third-order valence-electron chi connectivity index (χ3n) is 3.94. The Balaban J connectivity index is 2.14. The normalized spacial score (nSPS) is 15.8. The Morgan fingerprint density at radius 3 is 2.36 bits per heavy atom. The molecular weight excluding hydrogens is 328 g/mol. The summed E-state index contributed by atoms with van der Waals surface area (Å²) < 4.78 is 5.03. The van der Waals surface area contributed by atoms with Gasteiger partial charge in [-0.05, 0) is 24.6 Å². The van der Waals surface area contributed by atoms with Crippen molar-refractivity contribution in [2.24, 2.45) is 5.73 Å². The van der Waals surface area contributed by atoms with Crippen LogP contribution in [0, 0.1) is 0 Å². The molecule has 0 spiro atoms. The van der Waals surface area contributed by atoms with Crippen molar-refractivity contribution < 1.29 is 23.9 Å². The molecule has 0 radical (unpaired) electrons. The molecule has 1 heterocycles. The van der Waals surface area contributed by atoms with Crippen molar-refractivity contribution in [1.82, 2.24) is 15.1 Å². The lowest BCUT2D eigenvalue weighted by Crippen LogP contribution is -2.58. The first-order valence-corrected chi connectivity index (χ1v) is 7.73. The second-order valence-electron chi connectivity index (χ2n) is 5.40. The molecule has 1 unspecified atom stereocenters. The molecule has 9 nitrogen and oxygen atoms in total. The number of nitrogens with one attached hydrogen (secondary N) is 1. The Hall–Kier alpha value is -3.10. The molecule has 5 amide bonds. The van der Waals surface area contributed by atoms with Crippen LogP contribution in [0.15, 0.2) is 24.3 Å². The number of nitrogens with zero attached hydrogens (tertiary/aromatic N) is 2. The summed E-state index contributed by atoms with van der Waals surface area (Å²) in [4.78, 5) is 50.1. The van der Waals surface area contributed by atoms with E-state index in [2.05, 4.69) is 5.32 Å². The maximum absolute atomic E-state index is 12.4. The number of benzene rings is 1. The molecular formula is C16H20N4O5. The van der Waals surface area contributed by atoms with Crippen molar-refractivity contribution in [3.8, 4) is 5.75 Å². The van der Waals surface area contributed by atoms with Gasteiger partial charge in [-0.15, -0.1) is 0 Å². The Morgan fingerprint density at radius 1 is 1.20 bits per heavy atom. The molecule has 0 bridgehead atoms. The second kappa shape index (κ2) is 7.65. The Bertz CT molecular complexity index is 688. The number of rotatable bonds is 5. The van der Waals surface area contributed by atoms with E-state index < -0.39 is 29.8 Å². The number of amides is 5. The van der Waals surface area contributed by atoms with Crippen LogP contribution in [0.2, 0.25) is 0 Å². The quantitative estimate of drug-likeness (QED) is 0.703. The third kappa shape index (κ3) is 3.87. The number of urea groups is 1. The zero-order valence-corrected chi connectivity index (χ0v) is 14.0. The van der Waals surface area contributed by atoms with E-state index in [1.54, 1.807) is 31.2 Å². The standard InChI is InChI=1S/C16H20N4O5/c1-3-19-8-9-20(15(23)14(19)22)16(24)18-12(13(17)21)10-4-6-11(25-2)7-5-10/h4-7,12H,3,8-9H2,1-2H3,(H2,17,21)(H,18,24). The lowest BCUT2D eigenvalue weighted by molar-refractivity contribution is -0.153. The van der Waals surface area contributed by atoms with E-state index in [0.29, 0.717) is 17.9 Å². The molecule has 25 heavy (non-hydrogen) atoms. The number of nitrogens with two attached hydrogens (primary N) is 1. The van der Waals surface area contributed by atoms with Crippen molar-refractivity contribution in [2.45, 2.75) is 13.0 Å². The summed E-state index contributed by atoms with van der Waals surface area (Å²) in [5.41, 5.74) is 5.80. The van der Waals surface area contributed by atoms with Gasteiger partial charge >= 0.3 is 17.8 Å². The van der Waals surface area contributed by atoms with Gasteiger partial charge in [-0.1, -0.05) is 12.1 Å². The number of likely N-dealkylation sites (N-methyl/N-ethyl adjacent to an activating group) is 1. The number of piperazine rings is 1. The van der Waals surface area contributed by atoms with Gasteiger partial charge in [0.15, 0.2) is 0 Å². The average Bonchev–Trinajstić information content (AvgIpc) is 2.61. The van der Waals surface area contributed by atoms with Crippen LogP contribution in [0.4, 0.5) is 4.79 Å². The van der Waals surface area contributed by atoms with Crippen molar-refractivity contribution in [3.63, 3.8) is 0 Å². The lowest BCUT2D eigenvalue weighted by atomic mass is 10.1. The maximum atomic E-state index is 12.4. The summed E-state index contributed by atoms with van der Waals surface area (Å²) in [6.45, 7) is 2.43. The minimum Gasteiger partial charge on any atom is -0.497 e. The van der Waals surface area contributed by atoms with E-state index in [1.807, 2.05) is 0 Å². The molecule has 0 saturated carbocycles. The lowest BCUT2D eigenvalue weighted by Gasteiger charge is -2.32. The van der Waals surface area contributed by atoms with Crippen LogP contribution in [0.3, 0.4) is 0 Å². The van der Waals surface area contributed by atoms with E-state index in [9.17, 15) is 19.2 Å². The van der Waals surface area contributed by atoms with Crippen molar-refractivity contribution in [2.75, 3.05) is 26.7 Å². The van der Waals surface area contributed by atoms with E-state index in [-0.39, 0.29) is 13.1 Å². The molecule has 1 aliphatic rings. The van der Waals surface area contributed by atoms with Crippen LogP contribution in [0.1, 0.15) is 18.5 Å². The van der Waals surface area contributed by atoms with E-state index in [1.165, 1.54) is 12.0 Å². The van der Waals surface area contributed by atoms with Gasteiger partial charge in [-0.2, -0.15) is 0 Å². The van der Waals surface area contributed by atoms with Gasteiger partial charge in [0.25, 0.3) is 0 Å². The number of hydrogen-bond donors (Lipinski definition) is 2. The highest BCUT2D eigenvalue weighted by atomic mass is 16.5. The molecule has 1 aromatic carbocycles. The summed E-state index contributed by atoms with van der Waals surface area (Å²) in [6.07, 6.45) is 0. The van der Waals surface area contributed by atoms with Gasteiger partial charge in [0, 0.05) is 19.6 Å². The SMILES string of the molecule is CCN1CCN(C(=O)NC(C(N)=O)c2ccc(OC)cc2)C(=O)C1=O. The topological polar surface area (TPSA) is 122 Å². The molecule has 1 aliphatic heterocycles. The van der Waals surface area contributed by atoms with E-state index in [0.717, 1.165) is 4.90 Å². The van der Waals surface area contributed by atoms with Gasteiger partial charge in [0.1, 0.15) is 11.8 Å². The predicted octanol–water partition coefficient (Wildman–Crippen LogP) is -0.378. The van der Waals surface area contributed by atoms with E-state index >= 15 is 0 Å². The van der Waals surface area contributed by atoms with Crippen LogP contribution in [0.25, 0.3) is 0 Å². The van der Waals surface area contributed by atoms with Crippen LogP contribution in [-0.4, -0.2) is 60.3 Å². The highest BCUT2D eigenvalue weighted by Gasteiger charge is 2.36. The fraction of sp³-hybridized carbons (Fsp3) is 0.375. The van der Waals surface area contributed by atoms with Gasteiger partial charge < -0.3 is 20.7 Å². The zero-order chi connectivity index (χ0) is 18.6. The molecule has 2 rings (SSSR count). The van der Waals surface area contributed by atoms with Crippen LogP contribution in [0.5, 0.6) is 5.75 Å². The van der Waals surface area contributed by atoms with Gasteiger partial charge in [0.2, 0.25) is 5.91 Å². The molecule has 1 saturated heterocycles. The van der Waals surface area contributed by atoms with Crippen molar-refractivity contribution in [1.29, 1.82) is 0 Å². The average molecular weight is 348 g/mol.